The van der Waals surface area contributed by atoms with Crippen LogP contribution in [0.15, 0.2) is 48.8 Å². The van der Waals surface area contributed by atoms with Gasteiger partial charge >= 0.3 is 0 Å². The lowest BCUT2D eigenvalue weighted by atomic mass is 10.2. The Hall–Kier alpha value is -1.80. The third-order valence-corrected chi connectivity index (χ3v) is 5.42. The van der Waals surface area contributed by atoms with Crippen molar-refractivity contribution in [1.29, 1.82) is 0 Å². The average molecular weight is 404 g/mol. The zero-order valence-corrected chi connectivity index (χ0v) is 16.9. The van der Waals surface area contributed by atoms with Crippen LogP contribution in [0, 0.1) is 0 Å². The molecule has 3 rings (SSSR count). The summed E-state index contributed by atoms with van der Waals surface area (Å²) < 4.78 is 11.5. The minimum Gasteiger partial charge on any atom is -0.491 e. The lowest BCUT2D eigenvalue weighted by molar-refractivity contribution is 0.0711. The molecule has 0 unspecified atom stereocenters. The van der Waals surface area contributed by atoms with E-state index < -0.39 is 6.10 Å². The highest BCUT2D eigenvalue weighted by Crippen LogP contribution is 2.18. The molecular formula is C21H29N3O3S. The number of thioether (sulfide) groups is 1. The van der Waals surface area contributed by atoms with Gasteiger partial charge in [-0.25, -0.2) is 0 Å². The van der Waals surface area contributed by atoms with Crippen LogP contribution in [0.1, 0.15) is 5.56 Å². The summed E-state index contributed by atoms with van der Waals surface area (Å²) in [5.74, 6) is 3.88. The van der Waals surface area contributed by atoms with Gasteiger partial charge in [0.05, 0.1) is 6.20 Å². The topological polar surface area (TPSA) is 66.8 Å². The molecule has 2 aromatic rings. The molecule has 0 aliphatic carbocycles. The normalized spacial score (nSPS) is 15.9. The van der Waals surface area contributed by atoms with E-state index in [1.54, 1.807) is 12.4 Å². The first-order chi connectivity index (χ1) is 13.8. The average Bonchev–Trinajstić information content (AvgIpc) is 2.74. The maximum absolute atomic E-state index is 10.3. The molecule has 1 saturated heterocycles. The summed E-state index contributed by atoms with van der Waals surface area (Å²) in [7, 11) is 0. The largest absolute Gasteiger partial charge is 0.491 e. The maximum Gasteiger partial charge on any atom is 0.137 e. The van der Waals surface area contributed by atoms with E-state index >= 15 is 0 Å². The molecule has 1 aliphatic rings. The number of β-amino-alcohol motifs (C(OH)–C–C–N with tert-alkyl or cyclic N) is 1. The fourth-order valence-corrected chi connectivity index (χ4v) is 3.99. The highest BCUT2D eigenvalue weighted by atomic mass is 32.2. The number of rotatable bonds is 11. The minimum absolute atomic E-state index is 0.310. The number of aliphatic hydroxyl groups is 1. The summed E-state index contributed by atoms with van der Waals surface area (Å²) in [5, 5.41) is 13.7. The number of pyridine rings is 1. The summed E-state index contributed by atoms with van der Waals surface area (Å²) in [6, 6.07) is 11.7. The molecule has 1 fully saturated rings. The first-order valence-corrected chi connectivity index (χ1v) is 10.9. The van der Waals surface area contributed by atoms with Crippen LogP contribution in [0.25, 0.3) is 0 Å². The van der Waals surface area contributed by atoms with Crippen molar-refractivity contribution < 1.29 is 14.6 Å². The van der Waals surface area contributed by atoms with Crippen molar-refractivity contribution in [3.05, 3.63) is 54.4 Å². The molecule has 1 aliphatic heterocycles. The van der Waals surface area contributed by atoms with Crippen molar-refractivity contribution in [2.75, 3.05) is 50.9 Å². The molecule has 7 heteroatoms. The van der Waals surface area contributed by atoms with Gasteiger partial charge in [0.25, 0.3) is 0 Å². The van der Waals surface area contributed by atoms with E-state index in [-0.39, 0.29) is 0 Å². The summed E-state index contributed by atoms with van der Waals surface area (Å²) in [6.45, 7) is 5.05. The van der Waals surface area contributed by atoms with Gasteiger partial charge in [-0.3, -0.25) is 9.88 Å². The van der Waals surface area contributed by atoms with Crippen LogP contribution in [0.3, 0.4) is 0 Å². The number of aliphatic hydroxyl groups excluding tert-OH is 1. The van der Waals surface area contributed by atoms with E-state index in [1.165, 1.54) is 0 Å². The number of aromatic nitrogens is 1. The molecule has 0 saturated carbocycles. The molecule has 152 valence electrons. The number of para-hydroxylation sites is 1. The van der Waals surface area contributed by atoms with Crippen molar-refractivity contribution in [3.63, 3.8) is 0 Å². The van der Waals surface area contributed by atoms with Gasteiger partial charge in [-0.05, 0) is 18.2 Å². The number of nitrogens with one attached hydrogen (secondary N) is 1. The number of nitrogens with zero attached hydrogens (tertiary/aromatic N) is 2. The van der Waals surface area contributed by atoms with Crippen molar-refractivity contribution in [1.82, 2.24) is 15.2 Å². The first kappa shape index (κ1) is 20.9. The third-order valence-electron chi connectivity index (χ3n) is 4.47. The highest BCUT2D eigenvalue weighted by molar-refractivity contribution is 7.99. The van der Waals surface area contributed by atoms with E-state index in [4.69, 9.17) is 9.47 Å². The van der Waals surface area contributed by atoms with Crippen LogP contribution >= 0.6 is 11.8 Å². The predicted octanol–water partition coefficient (Wildman–Crippen LogP) is 2.04. The lowest BCUT2D eigenvalue weighted by Crippen LogP contribution is -2.40. The maximum atomic E-state index is 10.3. The zero-order chi connectivity index (χ0) is 19.4. The van der Waals surface area contributed by atoms with Gasteiger partial charge in [0.1, 0.15) is 30.8 Å². The van der Waals surface area contributed by atoms with Gasteiger partial charge in [0.15, 0.2) is 0 Å². The van der Waals surface area contributed by atoms with E-state index in [9.17, 15) is 5.11 Å². The van der Waals surface area contributed by atoms with E-state index in [0.717, 1.165) is 48.2 Å². The SMILES string of the molecule is O[C@H](COc1ccccc1CNCCOc1cccnc1)CN1CCSCC1. The molecule has 0 radical (unpaired) electrons. The molecular weight excluding hydrogens is 374 g/mol. The van der Waals surface area contributed by atoms with Crippen LogP contribution in [0.4, 0.5) is 0 Å². The van der Waals surface area contributed by atoms with Crippen LogP contribution in [0.2, 0.25) is 0 Å². The zero-order valence-electron chi connectivity index (χ0n) is 16.1. The summed E-state index contributed by atoms with van der Waals surface area (Å²) in [6.07, 6.45) is 2.96. The molecule has 0 amide bonds. The van der Waals surface area contributed by atoms with E-state index in [1.807, 2.05) is 48.2 Å². The molecule has 0 bridgehead atoms. The Kier molecular flexibility index (Phi) is 8.90. The summed E-state index contributed by atoms with van der Waals surface area (Å²) in [5.41, 5.74) is 1.07. The Morgan fingerprint density at radius 2 is 2.00 bits per heavy atom. The van der Waals surface area contributed by atoms with Crippen molar-refractivity contribution in [2.24, 2.45) is 0 Å². The molecule has 2 N–H and O–H groups in total. The Morgan fingerprint density at radius 3 is 2.82 bits per heavy atom. The molecule has 6 nitrogen and oxygen atoms in total. The molecule has 1 aromatic heterocycles. The predicted molar refractivity (Wildman–Crippen MR) is 113 cm³/mol. The Labute approximate surface area is 171 Å². The van der Waals surface area contributed by atoms with Gasteiger partial charge in [0.2, 0.25) is 0 Å². The number of hydrogen-bond donors (Lipinski definition) is 2. The number of ether oxygens (including phenoxy) is 2. The van der Waals surface area contributed by atoms with Crippen LogP contribution in [0.5, 0.6) is 11.5 Å². The molecule has 1 aromatic carbocycles. The van der Waals surface area contributed by atoms with Crippen LogP contribution in [-0.4, -0.2) is 72.0 Å². The molecule has 0 spiro atoms. The summed E-state index contributed by atoms with van der Waals surface area (Å²) in [4.78, 5) is 6.33. The Bertz CT molecular complexity index is 684. The van der Waals surface area contributed by atoms with Crippen LogP contribution in [-0.2, 0) is 6.54 Å². The second-order valence-electron chi connectivity index (χ2n) is 6.70. The standard InChI is InChI=1S/C21H29N3O3S/c25-19(16-24-9-12-28-13-10-24)17-27-21-6-2-1-4-18(21)14-23-8-11-26-20-5-3-7-22-15-20/h1-7,15,19,23,25H,8-14,16-17H2/t19-/m0/s1. The smallest absolute Gasteiger partial charge is 0.137 e. The van der Waals surface area contributed by atoms with Gasteiger partial charge in [0, 0.05) is 56.0 Å². The van der Waals surface area contributed by atoms with Crippen molar-refractivity contribution in [3.8, 4) is 11.5 Å². The third kappa shape index (κ3) is 7.31. The second-order valence-corrected chi connectivity index (χ2v) is 7.92. The second kappa shape index (κ2) is 11.9. The van der Waals surface area contributed by atoms with Crippen LogP contribution < -0.4 is 14.8 Å². The quantitative estimate of drug-likeness (QED) is 0.557. The monoisotopic (exact) mass is 403 g/mol. The lowest BCUT2D eigenvalue weighted by Gasteiger charge is -2.28. The first-order valence-electron chi connectivity index (χ1n) is 9.73. The van der Waals surface area contributed by atoms with Gasteiger partial charge in [-0.2, -0.15) is 11.8 Å². The molecule has 28 heavy (non-hydrogen) atoms. The van der Waals surface area contributed by atoms with E-state index in [2.05, 4.69) is 15.2 Å². The molecule has 2 heterocycles. The minimum atomic E-state index is -0.475. The number of benzene rings is 1. The summed E-state index contributed by atoms with van der Waals surface area (Å²) >= 11 is 1.97. The van der Waals surface area contributed by atoms with E-state index in [0.29, 0.717) is 26.3 Å². The fourth-order valence-electron chi connectivity index (χ4n) is 3.01. The Balaban J connectivity index is 1.37. The number of hydrogen-bond acceptors (Lipinski definition) is 7. The Morgan fingerprint density at radius 1 is 1.14 bits per heavy atom. The van der Waals surface area contributed by atoms with Crippen molar-refractivity contribution in [2.45, 2.75) is 12.6 Å². The van der Waals surface area contributed by atoms with Gasteiger partial charge < -0.3 is 19.9 Å². The van der Waals surface area contributed by atoms with Gasteiger partial charge in [-0.15, -0.1) is 0 Å². The van der Waals surface area contributed by atoms with Crippen molar-refractivity contribution >= 4 is 11.8 Å². The van der Waals surface area contributed by atoms with Gasteiger partial charge in [-0.1, -0.05) is 18.2 Å². The fraction of sp³-hybridized carbons (Fsp3) is 0.476. The molecule has 1 atom stereocenters. The highest BCUT2D eigenvalue weighted by Gasteiger charge is 2.15.